The number of aryl methyl sites for hydroxylation is 2. The summed E-state index contributed by atoms with van der Waals surface area (Å²) >= 11 is 0. The largest absolute Gasteiger partial charge is 0.376 e. The maximum Gasteiger partial charge on any atom is 0.193 e. The maximum atomic E-state index is 6.10. The number of benzene rings is 1. The topological polar surface area (TPSA) is 46.1 Å². The lowest BCUT2D eigenvalue weighted by Gasteiger charge is -2.34. The van der Waals surface area contributed by atoms with Crippen LogP contribution < -0.4 is 5.32 Å². The third-order valence-corrected chi connectivity index (χ3v) is 5.56. The predicted octanol–water partition coefficient (Wildman–Crippen LogP) is 3.47. The second-order valence-electron chi connectivity index (χ2n) is 8.14. The first-order chi connectivity index (χ1) is 13.6. The van der Waals surface area contributed by atoms with Gasteiger partial charge >= 0.3 is 0 Å². The van der Waals surface area contributed by atoms with Crippen molar-refractivity contribution in [3.63, 3.8) is 0 Å². The number of likely N-dealkylation sites (tertiary alicyclic amines) is 1. The van der Waals surface area contributed by atoms with Crippen LogP contribution in [0.15, 0.2) is 23.2 Å². The van der Waals surface area contributed by atoms with Crippen molar-refractivity contribution >= 4 is 5.96 Å². The molecule has 0 bridgehead atoms. The number of ether oxygens (including phenoxy) is 2. The standard InChI is InChI=1S/C23H37N3O2/c1-4-24-23(25-10-7-20-15-18(2)14-19(3)16-20)26-11-8-21(9-12-26)28-17-22-6-5-13-27-22/h14-16,21-22H,4-13,17H2,1-3H3,(H,24,25). The van der Waals surface area contributed by atoms with Crippen molar-refractivity contribution < 1.29 is 9.47 Å². The van der Waals surface area contributed by atoms with Crippen molar-refractivity contribution in [1.82, 2.24) is 10.2 Å². The first kappa shape index (κ1) is 21.1. The van der Waals surface area contributed by atoms with Gasteiger partial charge in [-0.1, -0.05) is 29.3 Å². The Morgan fingerprint density at radius 2 is 1.93 bits per heavy atom. The fourth-order valence-electron chi connectivity index (χ4n) is 4.18. The van der Waals surface area contributed by atoms with Gasteiger partial charge in [0.2, 0.25) is 0 Å². The van der Waals surface area contributed by atoms with Crippen LogP contribution in [0.2, 0.25) is 0 Å². The third kappa shape index (κ3) is 6.49. The van der Waals surface area contributed by atoms with E-state index in [4.69, 9.17) is 14.5 Å². The monoisotopic (exact) mass is 387 g/mol. The highest BCUT2D eigenvalue weighted by molar-refractivity contribution is 5.80. The number of nitrogens with zero attached hydrogens (tertiary/aromatic N) is 2. The SMILES string of the molecule is CCNC(=NCCc1cc(C)cc(C)c1)N1CCC(OCC2CCCO2)CC1. The quantitative estimate of drug-likeness (QED) is 0.575. The Morgan fingerprint density at radius 1 is 1.18 bits per heavy atom. The van der Waals surface area contributed by atoms with Crippen molar-refractivity contribution in [2.24, 2.45) is 4.99 Å². The number of guanidine groups is 1. The summed E-state index contributed by atoms with van der Waals surface area (Å²) < 4.78 is 11.8. The first-order valence-electron chi connectivity index (χ1n) is 11.0. The minimum atomic E-state index is 0.321. The van der Waals surface area contributed by atoms with Gasteiger partial charge in [-0.05, 0) is 58.4 Å². The minimum Gasteiger partial charge on any atom is -0.376 e. The van der Waals surface area contributed by atoms with Crippen molar-refractivity contribution in [2.75, 3.05) is 39.4 Å². The summed E-state index contributed by atoms with van der Waals surface area (Å²) in [5.41, 5.74) is 4.03. The number of piperidine rings is 1. The Balaban J connectivity index is 1.46. The van der Waals surface area contributed by atoms with E-state index in [2.05, 4.69) is 49.2 Å². The minimum absolute atomic E-state index is 0.321. The molecule has 2 aliphatic rings. The molecule has 1 aromatic carbocycles. The van der Waals surface area contributed by atoms with E-state index in [0.717, 1.165) is 71.0 Å². The lowest BCUT2D eigenvalue weighted by Crippen LogP contribution is -2.47. The third-order valence-electron chi connectivity index (χ3n) is 5.56. The van der Waals surface area contributed by atoms with Gasteiger partial charge in [-0.25, -0.2) is 0 Å². The molecule has 2 aliphatic heterocycles. The molecule has 28 heavy (non-hydrogen) atoms. The number of nitrogens with one attached hydrogen (secondary N) is 1. The average Bonchev–Trinajstić information content (AvgIpc) is 3.19. The molecule has 5 heteroatoms. The van der Waals surface area contributed by atoms with E-state index in [1.165, 1.54) is 23.1 Å². The Hall–Kier alpha value is -1.59. The van der Waals surface area contributed by atoms with Crippen LogP contribution in [0.3, 0.4) is 0 Å². The molecule has 1 N–H and O–H groups in total. The van der Waals surface area contributed by atoms with E-state index in [1.807, 2.05) is 0 Å². The fourth-order valence-corrected chi connectivity index (χ4v) is 4.18. The van der Waals surface area contributed by atoms with Gasteiger partial charge in [0.15, 0.2) is 5.96 Å². The molecule has 1 unspecified atom stereocenters. The van der Waals surface area contributed by atoms with Gasteiger partial charge in [0.25, 0.3) is 0 Å². The number of hydrogen-bond acceptors (Lipinski definition) is 3. The van der Waals surface area contributed by atoms with Gasteiger partial charge in [0, 0.05) is 32.8 Å². The molecule has 0 saturated carbocycles. The zero-order chi connectivity index (χ0) is 19.8. The van der Waals surface area contributed by atoms with E-state index < -0.39 is 0 Å². The summed E-state index contributed by atoms with van der Waals surface area (Å²) in [5, 5.41) is 3.47. The van der Waals surface area contributed by atoms with Gasteiger partial charge in [0.1, 0.15) is 0 Å². The first-order valence-corrected chi connectivity index (χ1v) is 11.0. The lowest BCUT2D eigenvalue weighted by atomic mass is 10.1. The summed E-state index contributed by atoms with van der Waals surface area (Å²) in [5.74, 6) is 1.05. The van der Waals surface area contributed by atoms with Crippen LogP contribution in [-0.2, 0) is 15.9 Å². The van der Waals surface area contributed by atoms with Crippen LogP contribution in [0.25, 0.3) is 0 Å². The van der Waals surface area contributed by atoms with E-state index >= 15 is 0 Å². The highest BCUT2D eigenvalue weighted by atomic mass is 16.5. The van der Waals surface area contributed by atoms with Crippen molar-refractivity contribution in [3.05, 3.63) is 34.9 Å². The smallest absolute Gasteiger partial charge is 0.193 e. The molecule has 0 amide bonds. The van der Waals surface area contributed by atoms with Gasteiger partial charge < -0.3 is 19.7 Å². The summed E-state index contributed by atoms with van der Waals surface area (Å²) in [4.78, 5) is 7.28. The highest BCUT2D eigenvalue weighted by Crippen LogP contribution is 2.18. The summed E-state index contributed by atoms with van der Waals surface area (Å²) in [6.07, 6.45) is 6.12. The van der Waals surface area contributed by atoms with Crippen molar-refractivity contribution in [3.8, 4) is 0 Å². The molecular weight excluding hydrogens is 350 g/mol. The van der Waals surface area contributed by atoms with Crippen LogP contribution in [0.1, 0.15) is 49.3 Å². The zero-order valence-corrected chi connectivity index (χ0v) is 17.9. The zero-order valence-electron chi connectivity index (χ0n) is 17.9. The molecule has 2 heterocycles. The molecule has 2 saturated heterocycles. The van der Waals surface area contributed by atoms with Crippen LogP contribution in [-0.4, -0.2) is 62.5 Å². The molecule has 156 valence electrons. The Bertz CT molecular complexity index is 612. The molecule has 0 radical (unpaired) electrons. The van der Waals surface area contributed by atoms with Crippen LogP contribution in [0, 0.1) is 13.8 Å². The molecule has 5 nitrogen and oxygen atoms in total. The van der Waals surface area contributed by atoms with Crippen molar-refractivity contribution in [2.45, 2.75) is 65.1 Å². The van der Waals surface area contributed by atoms with Gasteiger partial charge in [0.05, 0.1) is 18.8 Å². The van der Waals surface area contributed by atoms with Gasteiger partial charge in [-0.15, -0.1) is 0 Å². The number of rotatable bonds is 7. The highest BCUT2D eigenvalue weighted by Gasteiger charge is 2.24. The molecule has 1 aromatic rings. The van der Waals surface area contributed by atoms with E-state index in [-0.39, 0.29) is 0 Å². The Kier molecular flexibility index (Phi) is 8.16. The molecule has 0 spiro atoms. The molecule has 2 fully saturated rings. The predicted molar refractivity (Wildman–Crippen MR) is 115 cm³/mol. The average molecular weight is 388 g/mol. The van der Waals surface area contributed by atoms with Crippen molar-refractivity contribution in [1.29, 1.82) is 0 Å². The molecule has 1 atom stereocenters. The summed E-state index contributed by atoms with van der Waals surface area (Å²) in [7, 11) is 0. The maximum absolute atomic E-state index is 6.10. The van der Waals surface area contributed by atoms with Gasteiger partial charge in [-0.2, -0.15) is 0 Å². The fraction of sp³-hybridized carbons (Fsp3) is 0.696. The molecule has 0 aliphatic carbocycles. The summed E-state index contributed by atoms with van der Waals surface area (Å²) in [6.45, 7) is 11.8. The summed E-state index contributed by atoms with van der Waals surface area (Å²) in [6, 6.07) is 6.76. The Morgan fingerprint density at radius 3 is 2.57 bits per heavy atom. The second-order valence-corrected chi connectivity index (χ2v) is 8.14. The number of hydrogen-bond donors (Lipinski definition) is 1. The van der Waals surface area contributed by atoms with Crippen LogP contribution in [0.4, 0.5) is 0 Å². The normalized spacial score (nSPS) is 21.3. The molecule has 3 rings (SSSR count). The Labute approximate surface area is 170 Å². The van der Waals surface area contributed by atoms with E-state index in [1.54, 1.807) is 0 Å². The van der Waals surface area contributed by atoms with Crippen LogP contribution >= 0.6 is 0 Å². The van der Waals surface area contributed by atoms with E-state index in [0.29, 0.717) is 12.2 Å². The second kappa shape index (κ2) is 10.8. The molecule has 0 aromatic heterocycles. The lowest BCUT2D eigenvalue weighted by molar-refractivity contribution is -0.0367. The number of aliphatic imine (C=N–C) groups is 1. The van der Waals surface area contributed by atoms with E-state index in [9.17, 15) is 0 Å². The molecular formula is C23H37N3O2. The van der Waals surface area contributed by atoms with Crippen LogP contribution in [0.5, 0.6) is 0 Å². The van der Waals surface area contributed by atoms with Gasteiger partial charge in [-0.3, -0.25) is 4.99 Å².